The minimum absolute atomic E-state index is 0.198. The van der Waals surface area contributed by atoms with E-state index in [1.807, 2.05) is 36.4 Å². The molecule has 0 fully saturated rings. The normalized spacial score (nSPS) is 19.2. The monoisotopic (exact) mass is 340 g/mol. The van der Waals surface area contributed by atoms with Gasteiger partial charge in [0.25, 0.3) is 5.91 Å². The standard InChI is InChI=1S/C20H21FN2O2/c1-20(14-18(23-25-20)16-9-3-2-4-10-16)19(24)22-13-7-11-15-8-5-6-12-17(15)21/h2-6,8-10,12H,7,11,13-14H2,1H3,(H,22,24)/t20-/m0/s1. The van der Waals surface area contributed by atoms with Crippen molar-refractivity contribution in [3.05, 3.63) is 71.5 Å². The molecule has 1 atom stereocenters. The number of oxime groups is 1. The molecule has 5 heteroatoms. The second-order valence-corrected chi connectivity index (χ2v) is 6.35. The van der Waals surface area contributed by atoms with Crippen LogP contribution in [-0.2, 0) is 16.1 Å². The Morgan fingerprint density at radius 1 is 1.20 bits per heavy atom. The van der Waals surface area contributed by atoms with Crippen LogP contribution in [0.25, 0.3) is 0 Å². The second-order valence-electron chi connectivity index (χ2n) is 6.35. The fraction of sp³-hybridized carbons (Fsp3) is 0.300. The number of halogens is 1. The highest BCUT2D eigenvalue weighted by atomic mass is 19.1. The summed E-state index contributed by atoms with van der Waals surface area (Å²) < 4.78 is 13.6. The van der Waals surface area contributed by atoms with Crippen molar-refractivity contribution in [3.63, 3.8) is 0 Å². The van der Waals surface area contributed by atoms with Crippen molar-refractivity contribution >= 4 is 11.6 Å². The van der Waals surface area contributed by atoms with Crippen LogP contribution in [0.1, 0.15) is 30.9 Å². The van der Waals surface area contributed by atoms with Crippen LogP contribution >= 0.6 is 0 Å². The molecule has 0 radical (unpaired) electrons. The number of nitrogens with zero attached hydrogens (tertiary/aromatic N) is 1. The molecule has 1 aliphatic heterocycles. The average Bonchev–Trinajstić information content (AvgIpc) is 3.04. The zero-order chi connectivity index (χ0) is 17.7. The van der Waals surface area contributed by atoms with Crippen molar-refractivity contribution in [2.75, 3.05) is 6.54 Å². The highest BCUT2D eigenvalue weighted by molar-refractivity contribution is 6.05. The van der Waals surface area contributed by atoms with Crippen molar-refractivity contribution < 1.29 is 14.0 Å². The van der Waals surface area contributed by atoms with Crippen molar-refractivity contribution in [3.8, 4) is 0 Å². The predicted octanol–water partition coefficient (Wildman–Crippen LogP) is 3.46. The number of benzene rings is 2. The van der Waals surface area contributed by atoms with E-state index < -0.39 is 5.60 Å². The molecule has 3 rings (SSSR count). The molecule has 1 amide bonds. The van der Waals surface area contributed by atoms with Gasteiger partial charge in [-0.2, -0.15) is 0 Å². The third-order valence-corrected chi connectivity index (χ3v) is 4.32. The van der Waals surface area contributed by atoms with Gasteiger partial charge in [-0.1, -0.05) is 53.7 Å². The highest BCUT2D eigenvalue weighted by Gasteiger charge is 2.41. The molecular weight excluding hydrogens is 319 g/mol. The summed E-state index contributed by atoms with van der Waals surface area (Å²) in [5.41, 5.74) is 1.39. The molecule has 1 N–H and O–H groups in total. The molecule has 0 aliphatic carbocycles. The minimum atomic E-state index is -0.997. The Labute approximate surface area is 146 Å². The molecule has 0 saturated heterocycles. The Morgan fingerprint density at radius 3 is 2.68 bits per heavy atom. The van der Waals surface area contributed by atoms with Crippen LogP contribution in [-0.4, -0.2) is 23.8 Å². The number of hydrogen-bond donors (Lipinski definition) is 1. The lowest BCUT2D eigenvalue weighted by Gasteiger charge is -2.20. The third kappa shape index (κ3) is 4.05. The second kappa shape index (κ2) is 7.47. The Hall–Kier alpha value is -2.69. The number of nitrogens with one attached hydrogen (secondary N) is 1. The van der Waals surface area contributed by atoms with Gasteiger partial charge in [-0.05, 0) is 37.0 Å². The van der Waals surface area contributed by atoms with Gasteiger partial charge in [0.05, 0.1) is 5.71 Å². The quantitative estimate of drug-likeness (QED) is 0.819. The molecular formula is C20H21FN2O2. The van der Waals surface area contributed by atoms with Crippen LogP contribution in [0.2, 0.25) is 0 Å². The first-order chi connectivity index (χ1) is 12.1. The van der Waals surface area contributed by atoms with Gasteiger partial charge in [-0.15, -0.1) is 0 Å². The Bertz CT molecular complexity index is 776. The molecule has 0 unspecified atom stereocenters. The zero-order valence-corrected chi connectivity index (χ0v) is 14.2. The molecule has 1 aliphatic rings. The fourth-order valence-corrected chi connectivity index (χ4v) is 2.82. The van der Waals surface area contributed by atoms with E-state index in [4.69, 9.17) is 4.84 Å². The summed E-state index contributed by atoms with van der Waals surface area (Å²) in [6.45, 7) is 2.20. The van der Waals surface area contributed by atoms with E-state index in [1.165, 1.54) is 6.07 Å². The van der Waals surface area contributed by atoms with Gasteiger partial charge in [0.1, 0.15) is 5.82 Å². The van der Waals surface area contributed by atoms with E-state index in [0.29, 0.717) is 31.4 Å². The van der Waals surface area contributed by atoms with Crippen LogP contribution in [0.5, 0.6) is 0 Å². The molecule has 2 aromatic carbocycles. The summed E-state index contributed by atoms with van der Waals surface area (Å²) in [4.78, 5) is 17.9. The summed E-state index contributed by atoms with van der Waals surface area (Å²) in [6, 6.07) is 16.4. The van der Waals surface area contributed by atoms with Crippen LogP contribution in [0.15, 0.2) is 59.8 Å². The summed E-state index contributed by atoms with van der Waals surface area (Å²) in [5.74, 6) is -0.406. The topological polar surface area (TPSA) is 50.7 Å². The van der Waals surface area contributed by atoms with Gasteiger partial charge < -0.3 is 10.2 Å². The number of rotatable bonds is 6. The zero-order valence-electron chi connectivity index (χ0n) is 14.2. The van der Waals surface area contributed by atoms with Crippen LogP contribution in [0.4, 0.5) is 4.39 Å². The third-order valence-electron chi connectivity index (χ3n) is 4.32. The molecule has 0 spiro atoms. The van der Waals surface area contributed by atoms with E-state index in [2.05, 4.69) is 10.5 Å². The smallest absolute Gasteiger partial charge is 0.267 e. The molecule has 25 heavy (non-hydrogen) atoms. The lowest BCUT2D eigenvalue weighted by Crippen LogP contribution is -2.45. The molecule has 4 nitrogen and oxygen atoms in total. The van der Waals surface area contributed by atoms with Gasteiger partial charge in [0, 0.05) is 13.0 Å². The average molecular weight is 340 g/mol. The Kier molecular flexibility index (Phi) is 5.12. The van der Waals surface area contributed by atoms with Crippen LogP contribution in [0.3, 0.4) is 0 Å². The van der Waals surface area contributed by atoms with Crippen molar-refractivity contribution in [1.29, 1.82) is 0 Å². The number of carbonyl (C=O) groups excluding carboxylic acids is 1. The van der Waals surface area contributed by atoms with Crippen molar-refractivity contribution in [2.24, 2.45) is 5.16 Å². The van der Waals surface area contributed by atoms with Gasteiger partial charge >= 0.3 is 0 Å². The van der Waals surface area contributed by atoms with Crippen LogP contribution < -0.4 is 5.32 Å². The SMILES string of the molecule is C[C@@]1(C(=O)NCCCc2ccccc2F)CC(c2ccccc2)=NO1. The number of hydrogen-bond acceptors (Lipinski definition) is 3. The summed E-state index contributed by atoms with van der Waals surface area (Å²) >= 11 is 0. The van der Waals surface area contributed by atoms with E-state index in [0.717, 1.165) is 11.3 Å². The maximum absolute atomic E-state index is 13.6. The van der Waals surface area contributed by atoms with Crippen LogP contribution in [0, 0.1) is 5.82 Å². The summed E-state index contributed by atoms with van der Waals surface area (Å²) in [7, 11) is 0. The Morgan fingerprint density at radius 2 is 1.92 bits per heavy atom. The first-order valence-electron chi connectivity index (χ1n) is 8.41. The first kappa shape index (κ1) is 17.1. The maximum Gasteiger partial charge on any atom is 0.267 e. The first-order valence-corrected chi connectivity index (χ1v) is 8.41. The van der Waals surface area contributed by atoms with Crippen molar-refractivity contribution in [1.82, 2.24) is 5.32 Å². The van der Waals surface area contributed by atoms with Gasteiger partial charge in [0.15, 0.2) is 0 Å². The van der Waals surface area contributed by atoms with Gasteiger partial charge in [-0.25, -0.2) is 4.39 Å². The predicted molar refractivity (Wildman–Crippen MR) is 94.8 cm³/mol. The molecule has 0 saturated carbocycles. The molecule has 0 bridgehead atoms. The van der Waals surface area contributed by atoms with E-state index in [1.54, 1.807) is 19.1 Å². The minimum Gasteiger partial charge on any atom is -0.379 e. The molecule has 2 aromatic rings. The fourth-order valence-electron chi connectivity index (χ4n) is 2.82. The lowest BCUT2D eigenvalue weighted by molar-refractivity contribution is -0.141. The van der Waals surface area contributed by atoms with E-state index >= 15 is 0 Å². The van der Waals surface area contributed by atoms with Gasteiger partial charge in [0.2, 0.25) is 5.60 Å². The lowest BCUT2D eigenvalue weighted by atomic mass is 9.95. The van der Waals surface area contributed by atoms with E-state index in [9.17, 15) is 9.18 Å². The number of carbonyl (C=O) groups is 1. The number of aryl methyl sites for hydroxylation is 1. The maximum atomic E-state index is 13.6. The Balaban J connectivity index is 1.48. The highest BCUT2D eigenvalue weighted by Crippen LogP contribution is 2.26. The summed E-state index contributed by atoms with van der Waals surface area (Å²) in [6.07, 6.45) is 1.67. The van der Waals surface area contributed by atoms with Gasteiger partial charge in [-0.3, -0.25) is 4.79 Å². The van der Waals surface area contributed by atoms with Crippen molar-refractivity contribution in [2.45, 2.75) is 31.8 Å². The molecule has 1 heterocycles. The molecule has 130 valence electrons. The molecule has 0 aromatic heterocycles. The largest absolute Gasteiger partial charge is 0.379 e. The number of amides is 1. The van der Waals surface area contributed by atoms with E-state index in [-0.39, 0.29) is 11.7 Å². The summed E-state index contributed by atoms with van der Waals surface area (Å²) in [5, 5.41) is 6.94.